The average Bonchev–Trinajstić information content (AvgIpc) is 2.96. The van der Waals surface area contributed by atoms with Crippen molar-refractivity contribution in [2.24, 2.45) is 5.92 Å². The molecule has 2 aromatic carbocycles. The number of rotatable bonds is 5. The number of nitrogens with zero attached hydrogens (tertiary/aromatic N) is 1. The molecule has 6 nitrogen and oxygen atoms in total. The predicted octanol–water partition coefficient (Wildman–Crippen LogP) is 2.69. The molecular formula is C20H20N2O4. The molecule has 0 unspecified atom stereocenters. The number of benzene rings is 2. The third-order valence-corrected chi connectivity index (χ3v) is 4.47. The summed E-state index contributed by atoms with van der Waals surface area (Å²) in [5, 5.41) is 11.8. The van der Waals surface area contributed by atoms with Gasteiger partial charge in [0, 0.05) is 5.69 Å². The minimum Gasteiger partial charge on any atom is -0.480 e. The van der Waals surface area contributed by atoms with E-state index >= 15 is 0 Å². The Balaban J connectivity index is 1.92. The van der Waals surface area contributed by atoms with Crippen molar-refractivity contribution in [3.05, 3.63) is 65.2 Å². The molecule has 134 valence electrons. The molecule has 0 fully saturated rings. The molecule has 2 aromatic rings. The van der Waals surface area contributed by atoms with Crippen molar-refractivity contribution in [3.8, 4) is 0 Å². The summed E-state index contributed by atoms with van der Waals surface area (Å²) in [6.07, 6.45) is 0. The molecule has 0 aliphatic carbocycles. The summed E-state index contributed by atoms with van der Waals surface area (Å²) in [7, 11) is 0. The van der Waals surface area contributed by atoms with Gasteiger partial charge in [-0.1, -0.05) is 44.2 Å². The molecule has 0 bridgehead atoms. The maximum atomic E-state index is 12.9. The van der Waals surface area contributed by atoms with Gasteiger partial charge in [-0.05, 0) is 29.7 Å². The number of hydrogen-bond donors (Lipinski definition) is 2. The number of fused-ring (bicyclic) bond motifs is 1. The summed E-state index contributed by atoms with van der Waals surface area (Å²) >= 11 is 0. The number of hydrogen-bond acceptors (Lipinski definition) is 3. The molecule has 1 aliphatic rings. The summed E-state index contributed by atoms with van der Waals surface area (Å²) in [5.74, 6) is -2.18. The lowest BCUT2D eigenvalue weighted by Crippen LogP contribution is -2.44. The molecule has 0 saturated carbocycles. The molecule has 0 spiro atoms. The molecule has 26 heavy (non-hydrogen) atoms. The van der Waals surface area contributed by atoms with E-state index in [9.17, 15) is 19.5 Å². The van der Waals surface area contributed by atoms with E-state index in [1.54, 1.807) is 30.9 Å². The van der Waals surface area contributed by atoms with Crippen molar-refractivity contribution < 1.29 is 19.5 Å². The van der Waals surface area contributed by atoms with Crippen LogP contribution in [0.15, 0.2) is 48.5 Å². The van der Waals surface area contributed by atoms with Crippen LogP contribution >= 0.6 is 0 Å². The number of carboxylic acids is 1. The van der Waals surface area contributed by atoms with Gasteiger partial charge in [-0.3, -0.25) is 9.59 Å². The Kier molecular flexibility index (Phi) is 4.75. The number of carbonyl (C=O) groups excluding carboxylic acids is 2. The van der Waals surface area contributed by atoms with Crippen LogP contribution in [0.2, 0.25) is 0 Å². The average molecular weight is 352 g/mol. The summed E-state index contributed by atoms with van der Waals surface area (Å²) in [4.78, 5) is 38.5. The first-order chi connectivity index (χ1) is 12.4. The van der Waals surface area contributed by atoms with E-state index in [4.69, 9.17) is 0 Å². The van der Waals surface area contributed by atoms with Gasteiger partial charge in [0.25, 0.3) is 11.8 Å². The normalized spacial score (nSPS) is 14.3. The number of nitrogens with one attached hydrogen (secondary N) is 1. The van der Waals surface area contributed by atoms with Crippen LogP contribution in [0.5, 0.6) is 0 Å². The minimum absolute atomic E-state index is 0.206. The molecule has 3 rings (SSSR count). The summed E-state index contributed by atoms with van der Waals surface area (Å²) in [5.41, 5.74) is 2.05. The lowest BCUT2D eigenvalue weighted by atomic mass is 10.0. The summed E-state index contributed by atoms with van der Waals surface area (Å²) in [6.45, 7) is 3.82. The number of anilines is 1. The lowest BCUT2D eigenvalue weighted by Gasteiger charge is -2.19. The fourth-order valence-corrected chi connectivity index (χ4v) is 3.10. The number of para-hydroxylation sites is 1. The topological polar surface area (TPSA) is 86.7 Å². The Morgan fingerprint density at radius 2 is 1.77 bits per heavy atom. The highest BCUT2D eigenvalue weighted by atomic mass is 16.4. The molecule has 2 N–H and O–H groups in total. The fourth-order valence-electron chi connectivity index (χ4n) is 3.10. The van der Waals surface area contributed by atoms with Gasteiger partial charge in [-0.15, -0.1) is 0 Å². The van der Waals surface area contributed by atoms with Gasteiger partial charge in [-0.25, -0.2) is 4.79 Å². The number of amides is 2. The number of carboxylic acid groups (broad SMARTS) is 1. The second-order valence-electron chi connectivity index (χ2n) is 6.60. The molecule has 1 heterocycles. The van der Waals surface area contributed by atoms with Gasteiger partial charge in [0.2, 0.25) is 0 Å². The quantitative estimate of drug-likeness (QED) is 0.866. The van der Waals surface area contributed by atoms with Gasteiger partial charge in [0.1, 0.15) is 6.04 Å². The van der Waals surface area contributed by atoms with Crippen LogP contribution < -0.4 is 10.2 Å². The first-order valence-corrected chi connectivity index (χ1v) is 8.42. The molecule has 1 aliphatic heterocycles. The largest absolute Gasteiger partial charge is 0.480 e. The van der Waals surface area contributed by atoms with Gasteiger partial charge in [-0.2, -0.15) is 0 Å². The van der Waals surface area contributed by atoms with E-state index in [0.717, 1.165) is 11.3 Å². The van der Waals surface area contributed by atoms with Crippen LogP contribution in [0, 0.1) is 5.92 Å². The van der Waals surface area contributed by atoms with Gasteiger partial charge in [0.05, 0.1) is 17.7 Å². The van der Waals surface area contributed by atoms with E-state index < -0.39 is 17.9 Å². The Morgan fingerprint density at radius 3 is 2.38 bits per heavy atom. The Labute approximate surface area is 151 Å². The van der Waals surface area contributed by atoms with Crippen molar-refractivity contribution in [3.63, 3.8) is 0 Å². The van der Waals surface area contributed by atoms with E-state index in [1.165, 1.54) is 0 Å². The molecule has 2 amide bonds. The highest BCUT2D eigenvalue weighted by Gasteiger charge is 2.33. The second-order valence-corrected chi connectivity index (χ2v) is 6.60. The van der Waals surface area contributed by atoms with Gasteiger partial charge >= 0.3 is 5.97 Å². The van der Waals surface area contributed by atoms with Crippen LogP contribution in [-0.2, 0) is 11.3 Å². The lowest BCUT2D eigenvalue weighted by molar-refractivity contribution is -0.140. The van der Waals surface area contributed by atoms with Crippen molar-refractivity contribution in [2.75, 3.05) is 4.90 Å². The Morgan fingerprint density at radius 1 is 1.08 bits per heavy atom. The van der Waals surface area contributed by atoms with Gasteiger partial charge in [0.15, 0.2) is 0 Å². The molecule has 0 saturated heterocycles. The highest BCUT2D eigenvalue weighted by Crippen LogP contribution is 2.30. The van der Waals surface area contributed by atoms with Crippen molar-refractivity contribution in [1.29, 1.82) is 0 Å². The smallest absolute Gasteiger partial charge is 0.326 e. The fraction of sp³-hybridized carbons (Fsp3) is 0.250. The van der Waals surface area contributed by atoms with E-state index in [0.29, 0.717) is 12.1 Å². The number of carbonyl (C=O) groups is 3. The van der Waals surface area contributed by atoms with E-state index in [2.05, 4.69) is 5.32 Å². The zero-order valence-corrected chi connectivity index (χ0v) is 14.6. The monoisotopic (exact) mass is 352 g/mol. The van der Waals surface area contributed by atoms with Crippen LogP contribution in [-0.4, -0.2) is 28.9 Å². The SMILES string of the molecule is CC(C)[C@H](NC(=O)c1cccc2c1C(=O)N(c1ccccc1)C2)C(=O)O. The molecule has 0 aromatic heterocycles. The Bertz CT molecular complexity index is 861. The molecule has 0 radical (unpaired) electrons. The van der Waals surface area contributed by atoms with Crippen LogP contribution in [0.25, 0.3) is 0 Å². The van der Waals surface area contributed by atoms with Crippen LogP contribution in [0.1, 0.15) is 40.1 Å². The first-order valence-electron chi connectivity index (χ1n) is 8.42. The maximum Gasteiger partial charge on any atom is 0.326 e. The minimum atomic E-state index is -1.10. The maximum absolute atomic E-state index is 12.9. The zero-order valence-electron chi connectivity index (χ0n) is 14.6. The van der Waals surface area contributed by atoms with Gasteiger partial charge < -0.3 is 15.3 Å². The van der Waals surface area contributed by atoms with Crippen molar-refractivity contribution >= 4 is 23.5 Å². The van der Waals surface area contributed by atoms with E-state index in [-0.39, 0.29) is 17.4 Å². The summed E-state index contributed by atoms with van der Waals surface area (Å²) < 4.78 is 0. The highest BCUT2D eigenvalue weighted by molar-refractivity contribution is 6.16. The molecule has 1 atom stereocenters. The number of aliphatic carboxylic acids is 1. The third kappa shape index (κ3) is 3.18. The first kappa shape index (κ1) is 17.7. The predicted molar refractivity (Wildman–Crippen MR) is 97.1 cm³/mol. The van der Waals surface area contributed by atoms with E-state index in [1.807, 2.05) is 36.4 Å². The molecular weight excluding hydrogens is 332 g/mol. The Hall–Kier alpha value is -3.15. The second kappa shape index (κ2) is 7.00. The zero-order chi connectivity index (χ0) is 18.8. The van der Waals surface area contributed by atoms with Crippen molar-refractivity contribution in [2.45, 2.75) is 26.4 Å². The van der Waals surface area contributed by atoms with Crippen LogP contribution in [0.4, 0.5) is 5.69 Å². The van der Waals surface area contributed by atoms with Crippen LogP contribution in [0.3, 0.4) is 0 Å². The molecule has 6 heteroatoms. The summed E-state index contributed by atoms with van der Waals surface area (Å²) in [6, 6.07) is 13.3. The van der Waals surface area contributed by atoms with Crippen molar-refractivity contribution in [1.82, 2.24) is 5.32 Å². The standard InChI is InChI=1S/C20H20N2O4/c1-12(2)17(20(25)26)21-18(23)15-10-6-7-13-11-22(19(24)16(13)15)14-8-4-3-5-9-14/h3-10,12,17H,11H2,1-2H3,(H,21,23)(H,25,26)/t17-/m0/s1. The third-order valence-electron chi connectivity index (χ3n) is 4.47.